The molecule has 1 N–H and O–H groups in total. The Morgan fingerprint density at radius 2 is 2.29 bits per heavy atom. The van der Waals surface area contributed by atoms with Crippen LogP contribution in [-0.2, 0) is 4.74 Å². The molecule has 110 valence electrons. The predicted molar refractivity (Wildman–Crippen MR) is 80.5 cm³/mol. The van der Waals surface area contributed by atoms with Crippen LogP contribution in [0.2, 0.25) is 0 Å². The van der Waals surface area contributed by atoms with Crippen molar-refractivity contribution in [1.82, 2.24) is 4.98 Å². The van der Waals surface area contributed by atoms with Crippen LogP contribution in [0.25, 0.3) is 10.9 Å². The number of ether oxygens (including phenoxy) is 1. The second kappa shape index (κ2) is 4.96. The van der Waals surface area contributed by atoms with Gasteiger partial charge in [0.1, 0.15) is 5.52 Å². The number of non-ortho nitro benzene ring substituents is 1. The predicted octanol–water partition coefficient (Wildman–Crippen LogP) is 3.12. The molecule has 6 heteroatoms. The molecule has 1 aromatic carbocycles. The van der Waals surface area contributed by atoms with Gasteiger partial charge in [-0.2, -0.15) is 0 Å². The molecule has 2 aromatic rings. The molecule has 1 aliphatic heterocycles. The van der Waals surface area contributed by atoms with Gasteiger partial charge in [-0.15, -0.1) is 0 Å². The Hall–Kier alpha value is -2.21. The first-order valence-electron chi connectivity index (χ1n) is 6.93. The number of nitrogens with zero attached hydrogens (tertiary/aromatic N) is 2. The van der Waals surface area contributed by atoms with Crippen molar-refractivity contribution < 1.29 is 9.66 Å². The maximum Gasteiger partial charge on any atom is 0.278 e. The average Bonchev–Trinajstić information content (AvgIpc) is 2.78. The fourth-order valence-electron chi connectivity index (χ4n) is 2.72. The van der Waals surface area contributed by atoms with Crippen LogP contribution >= 0.6 is 0 Å². The Balaban J connectivity index is 2.08. The second-order valence-corrected chi connectivity index (χ2v) is 5.59. The van der Waals surface area contributed by atoms with E-state index in [1.54, 1.807) is 24.4 Å². The lowest BCUT2D eigenvalue weighted by atomic mass is 9.94. The highest BCUT2D eigenvalue weighted by Gasteiger charge is 2.37. The summed E-state index contributed by atoms with van der Waals surface area (Å²) in [5.41, 5.74) is 1.30. The summed E-state index contributed by atoms with van der Waals surface area (Å²) in [4.78, 5) is 15.1. The Bertz CT molecular complexity index is 704. The van der Waals surface area contributed by atoms with E-state index >= 15 is 0 Å². The van der Waals surface area contributed by atoms with Gasteiger partial charge in [0.05, 0.1) is 27.6 Å². The first kappa shape index (κ1) is 13.8. The van der Waals surface area contributed by atoms with Crippen molar-refractivity contribution in [2.24, 2.45) is 0 Å². The first-order valence-corrected chi connectivity index (χ1v) is 6.93. The zero-order valence-electron chi connectivity index (χ0n) is 12.0. The molecule has 2 unspecified atom stereocenters. The van der Waals surface area contributed by atoms with Crippen LogP contribution in [0, 0.1) is 10.1 Å². The second-order valence-electron chi connectivity index (χ2n) is 5.59. The molecule has 1 fully saturated rings. The van der Waals surface area contributed by atoms with E-state index in [9.17, 15) is 10.1 Å². The summed E-state index contributed by atoms with van der Waals surface area (Å²) < 4.78 is 5.62. The molecule has 21 heavy (non-hydrogen) atoms. The number of rotatable bonds is 3. The van der Waals surface area contributed by atoms with Crippen LogP contribution in [0.5, 0.6) is 0 Å². The topological polar surface area (TPSA) is 77.3 Å². The summed E-state index contributed by atoms with van der Waals surface area (Å²) in [5, 5.41) is 15.1. The zero-order valence-corrected chi connectivity index (χ0v) is 12.0. The maximum atomic E-state index is 11.1. The van der Waals surface area contributed by atoms with Crippen molar-refractivity contribution in [2.45, 2.75) is 31.9 Å². The minimum atomic E-state index is -0.378. The quantitative estimate of drug-likeness (QED) is 0.693. The van der Waals surface area contributed by atoms with Gasteiger partial charge >= 0.3 is 0 Å². The number of benzene rings is 1. The SMILES string of the molecule is CC1OCCC1(C)Nc1ccc([N+](=O)[O-])c2cccnc12. The molecule has 1 aliphatic rings. The lowest BCUT2D eigenvalue weighted by Crippen LogP contribution is -2.41. The van der Waals surface area contributed by atoms with Gasteiger partial charge in [0.15, 0.2) is 0 Å². The highest BCUT2D eigenvalue weighted by atomic mass is 16.6. The molecule has 1 aromatic heterocycles. The van der Waals surface area contributed by atoms with Crippen LogP contribution in [0.3, 0.4) is 0 Å². The standard InChI is InChI=1S/C15H17N3O3/c1-10-15(2,7-9-21-10)17-12-5-6-13(18(19)20)11-4-3-8-16-14(11)12/h3-6,8,10,17H,7,9H2,1-2H3. The normalized spacial score (nSPS) is 25.1. The number of nitro groups is 1. The summed E-state index contributed by atoms with van der Waals surface area (Å²) in [7, 11) is 0. The average molecular weight is 287 g/mol. The minimum Gasteiger partial charge on any atom is -0.376 e. The fourth-order valence-corrected chi connectivity index (χ4v) is 2.72. The van der Waals surface area contributed by atoms with Crippen LogP contribution in [-0.4, -0.2) is 28.2 Å². The van der Waals surface area contributed by atoms with E-state index in [1.165, 1.54) is 6.07 Å². The van der Waals surface area contributed by atoms with Crippen molar-refractivity contribution in [1.29, 1.82) is 0 Å². The third-order valence-electron chi connectivity index (χ3n) is 4.25. The van der Waals surface area contributed by atoms with E-state index in [4.69, 9.17) is 4.74 Å². The lowest BCUT2D eigenvalue weighted by molar-refractivity contribution is -0.383. The van der Waals surface area contributed by atoms with Crippen molar-refractivity contribution in [3.8, 4) is 0 Å². The molecule has 0 radical (unpaired) electrons. The molecule has 1 saturated heterocycles. The Morgan fingerprint density at radius 1 is 1.48 bits per heavy atom. The fraction of sp³-hybridized carbons (Fsp3) is 0.400. The number of hydrogen-bond donors (Lipinski definition) is 1. The Kier molecular flexibility index (Phi) is 3.25. The molecule has 0 bridgehead atoms. The summed E-state index contributed by atoms with van der Waals surface area (Å²) in [6, 6.07) is 6.69. The van der Waals surface area contributed by atoms with E-state index in [1.807, 2.05) is 6.92 Å². The molecular weight excluding hydrogens is 270 g/mol. The van der Waals surface area contributed by atoms with Crippen LogP contribution in [0.15, 0.2) is 30.5 Å². The smallest absolute Gasteiger partial charge is 0.278 e. The van der Waals surface area contributed by atoms with Crippen molar-refractivity contribution in [3.05, 3.63) is 40.6 Å². The van der Waals surface area contributed by atoms with Gasteiger partial charge in [0.25, 0.3) is 5.69 Å². The summed E-state index contributed by atoms with van der Waals surface area (Å²) >= 11 is 0. The number of hydrogen-bond acceptors (Lipinski definition) is 5. The van der Waals surface area contributed by atoms with E-state index in [-0.39, 0.29) is 22.3 Å². The van der Waals surface area contributed by atoms with Crippen LogP contribution < -0.4 is 5.32 Å². The number of nitrogens with one attached hydrogen (secondary N) is 1. The largest absolute Gasteiger partial charge is 0.376 e. The lowest BCUT2D eigenvalue weighted by Gasteiger charge is -2.30. The molecular formula is C15H17N3O3. The molecule has 2 heterocycles. The number of pyridine rings is 1. The monoisotopic (exact) mass is 287 g/mol. The molecule has 0 saturated carbocycles. The van der Waals surface area contributed by atoms with Crippen LogP contribution in [0.4, 0.5) is 11.4 Å². The minimum absolute atomic E-state index is 0.0736. The molecule has 2 atom stereocenters. The maximum absolute atomic E-state index is 11.1. The van der Waals surface area contributed by atoms with Crippen LogP contribution in [0.1, 0.15) is 20.3 Å². The Morgan fingerprint density at radius 3 is 2.95 bits per heavy atom. The van der Waals surface area contributed by atoms with Gasteiger partial charge in [-0.25, -0.2) is 0 Å². The van der Waals surface area contributed by atoms with Gasteiger partial charge in [-0.05, 0) is 38.5 Å². The zero-order chi connectivity index (χ0) is 15.0. The summed E-state index contributed by atoms with van der Waals surface area (Å²) in [6.07, 6.45) is 2.61. The van der Waals surface area contributed by atoms with Gasteiger partial charge < -0.3 is 10.1 Å². The third kappa shape index (κ3) is 2.31. The van der Waals surface area contributed by atoms with Crippen molar-refractivity contribution in [2.75, 3.05) is 11.9 Å². The van der Waals surface area contributed by atoms with E-state index in [0.717, 1.165) is 12.1 Å². The van der Waals surface area contributed by atoms with Crippen molar-refractivity contribution in [3.63, 3.8) is 0 Å². The van der Waals surface area contributed by atoms with Gasteiger partial charge in [-0.3, -0.25) is 15.1 Å². The summed E-state index contributed by atoms with van der Waals surface area (Å²) in [5.74, 6) is 0. The van der Waals surface area contributed by atoms with Gasteiger partial charge in [-0.1, -0.05) is 0 Å². The molecule has 0 aliphatic carbocycles. The van der Waals surface area contributed by atoms with Gasteiger partial charge in [0, 0.05) is 18.9 Å². The number of nitro benzene ring substituents is 1. The molecule has 0 spiro atoms. The summed E-state index contributed by atoms with van der Waals surface area (Å²) in [6.45, 7) is 4.84. The highest BCUT2D eigenvalue weighted by molar-refractivity contribution is 5.96. The first-order chi connectivity index (χ1) is 10.0. The third-order valence-corrected chi connectivity index (χ3v) is 4.25. The molecule has 0 amide bonds. The number of aromatic nitrogens is 1. The number of anilines is 1. The van der Waals surface area contributed by atoms with Crippen molar-refractivity contribution >= 4 is 22.3 Å². The molecule has 6 nitrogen and oxygen atoms in total. The van der Waals surface area contributed by atoms with E-state index < -0.39 is 0 Å². The number of fused-ring (bicyclic) bond motifs is 1. The molecule has 3 rings (SSSR count). The van der Waals surface area contributed by atoms with Gasteiger partial charge in [0.2, 0.25) is 0 Å². The Labute approximate surface area is 122 Å². The van der Waals surface area contributed by atoms with E-state index in [2.05, 4.69) is 17.2 Å². The van der Waals surface area contributed by atoms with E-state index in [0.29, 0.717) is 17.5 Å². The highest BCUT2D eigenvalue weighted by Crippen LogP contribution is 2.35.